The van der Waals surface area contributed by atoms with Crippen molar-refractivity contribution in [3.8, 4) is 0 Å². The molecule has 1 unspecified atom stereocenters. The lowest BCUT2D eigenvalue weighted by atomic mass is 10.3. The Morgan fingerprint density at radius 1 is 1.60 bits per heavy atom. The molecular formula is C9H9BrClN3O. The summed E-state index contributed by atoms with van der Waals surface area (Å²) in [6.07, 6.45) is 0.377. The zero-order valence-corrected chi connectivity index (χ0v) is 10.1. The largest absolute Gasteiger partial charge is 0.326 e. The molecule has 4 nitrogen and oxygen atoms in total. The Morgan fingerprint density at radius 2 is 2.33 bits per heavy atom. The van der Waals surface area contributed by atoms with Gasteiger partial charge in [-0.05, 0) is 28.1 Å². The normalized spacial score (nSPS) is 21.1. The van der Waals surface area contributed by atoms with E-state index in [0.29, 0.717) is 28.4 Å². The van der Waals surface area contributed by atoms with E-state index in [9.17, 15) is 4.79 Å². The maximum atomic E-state index is 11.5. The Labute approximate surface area is 101 Å². The molecule has 6 heteroatoms. The van der Waals surface area contributed by atoms with Crippen molar-refractivity contribution in [1.29, 1.82) is 0 Å². The van der Waals surface area contributed by atoms with E-state index in [1.165, 1.54) is 0 Å². The third-order valence-electron chi connectivity index (χ3n) is 2.22. The molecule has 1 aromatic rings. The molecule has 1 saturated heterocycles. The summed E-state index contributed by atoms with van der Waals surface area (Å²) < 4.78 is 0.537. The predicted octanol–water partition coefficient (Wildman–Crippen LogP) is 1.56. The lowest BCUT2D eigenvalue weighted by Crippen LogP contribution is -2.28. The first-order valence-electron chi connectivity index (χ1n) is 4.46. The Balaban J connectivity index is 2.30. The molecule has 0 aromatic carbocycles. The van der Waals surface area contributed by atoms with Gasteiger partial charge in [0, 0.05) is 19.0 Å². The maximum absolute atomic E-state index is 11.5. The molecule has 80 valence electrons. The fourth-order valence-electron chi connectivity index (χ4n) is 1.51. The predicted molar refractivity (Wildman–Crippen MR) is 61.9 cm³/mol. The van der Waals surface area contributed by atoms with E-state index >= 15 is 0 Å². The van der Waals surface area contributed by atoms with Gasteiger partial charge in [0.2, 0.25) is 5.91 Å². The maximum Gasteiger partial charge on any atom is 0.229 e. The van der Waals surface area contributed by atoms with Crippen LogP contribution in [0.15, 0.2) is 16.7 Å². The van der Waals surface area contributed by atoms with Crippen LogP contribution < -0.4 is 10.6 Å². The van der Waals surface area contributed by atoms with E-state index in [4.69, 9.17) is 17.3 Å². The monoisotopic (exact) mass is 289 g/mol. The molecule has 1 fully saturated rings. The number of anilines is 1. The van der Waals surface area contributed by atoms with E-state index in [2.05, 4.69) is 20.9 Å². The van der Waals surface area contributed by atoms with Crippen molar-refractivity contribution in [2.75, 3.05) is 11.4 Å². The highest BCUT2D eigenvalue weighted by molar-refractivity contribution is 9.10. The zero-order chi connectivity index (χ0) is 11.0. The van der Waals surface area contributed by atoms with Crippen LogP contribution in [0, 0.1) is 0 Å². The van der Waals surface area contributed by atoms with Gasteiger partial charge in [0.25, 0.3) is 0 Å². The van der Waals surface area contributed by atoms with Gasteiger partial charge in [0.1, 0.15) is 10.4 Å². The van der Waals surface area contributed by atoms with Gasteiger partial charge >= 0.3 is 0 Å². The van der Waals surface area contributed by atoms with Gasteiger partial charge in [-0.1, -0.05) is 11.6 Å². The number of rotatable bonds is 1. The lowest BCUT2D eigenvalue weighted by molar-refractivity contribution is -0.117. The van der Waals surface area contributed by atoms with Gasteiger partial charge in [-0.25, -0.2) is 4.98 Å². The summed E-state index contributed by atoms with van der Waals surface area (Å²) in [6.45, 7) is 0.514. The second-order valence-electron chi connectivity index (χ2n) is 3.41. The SMILES string of the molecule is NC1CC(=O)N(c2ccc(Cl)c(Br)n2)C1. The smallest absolute Gasteiger partial charge is 0.229 e. The highest BCUT2D eigenvalue weighted by atomic mass is 79.9. The molecule has 1 atom stereocenters. The van der Waals surface area contributed by atoms with Crippen molar-refractivity contribution in [1.82, 2.24) is 4.98 Å². The Bertz CT molecular complexity index is 412. The molecule has 15 heavy (non-hydrogen) atoms. The van der Waals surface area contributed by atoms with Crippen LogP contribution >= 0.6 is 27.5 Å². The first-order chi connectivity index (χ1) is 7.08. The van der Waals surface area contributed by atoms with Crippen molar-refractivity contribution in [2.24, 2.45) is 5.73 Å². The zero-order valence-electron chi connectivity index (χ0n) is 7.78. The number of hydrogen-bond acceptors (Lipinski definition) is 3. The van der Waals surface area contributed by atoms with Crippen LogP contribution in [0.25, 0.3) is 0 Å². The van der Waals surface area contributed by atoms with Gasteiger partial charge in [-0.2, -0.15) is 0 Å². The molecule has 2 heterocycles. The van der Waals surface area contributed by atoms with E-state index in [1.54, 1.807) is 17.0 Å². The minimum Gasteiger partial charge on any atom is -0.326 e. The van der Waals surface area contributed by atoms with E-state index < -0.39 is 0 Å². The molecule has 1 aromatic heterocycles. The minimum absolute atomic E-state index is 0.00391. The number of pyridine rings is 1. The summed E-state index contributed by atoms with van der Waals surface area (Å²) in [5.74, 6) is 0.591. The Morgan fingerprint density at radius 3 is 2.87 bits per heavy atom. The van der Waals surface area contributed by atoms with Crippen LogP contribution in [0.2, 0.25) is 5.02 Å². The van der Waals surface area contributed by atoms with Gasteiger partial charge in [0.05, 0.1) is 5.02 Å². The van der Waals surface area contributed by atoms with Crippen LogP contribution in [0.4, 0.5) is 5.82 Å². The number of carbonyl (C=O) groups excluding carboxylic acids is 1. The van der Waals surface area contributed by atoms with Gasteiger partial charge in [-0.3, -0.25) is 9.69 Å². The first kappa shape index (κ1) is 10.9. The number of nitrogens with two attached hydrogens (primary N) is 1. The number of hydrogen-bond donors (Lipinski definition) is 1. The van der Waals surface area contributed by atoms with Crippen molar-refractivity contribution in [3.63, 3.8) is 0 Å². The van der Waals surface area contributed by atoms with Crippen molar-refractivity contribution in [3.05, 3.63) is 21.8 Å². The van der Waals surface area contributed by atoms with Crippen LogP contribution in [-0.2, 0) is 4.79 Å². The average Bonchev–Trinajstić information content (AvgIpc) is 2.50. The van der Waals surface area contributed by atoms with Gasteiger partial charge in [-0.15, -0.1) is 0 Å². The molecule has 0 saturated carbocycles. The molecular weight excluding hydrogens is 281 g/mol. The summed E-state index contributed by atoms with van der Waals surface area (Å²) >= 11 is 9.03. The standard InChI is InChI=1S/C9H9BrClN3O/c10-9-6(11)1-2-7(13-9)14-4-5(12)3-8(14)15/h1-2,5H,3-4,12H2. The van der Waals surface area contributed by atoms with Crippen LogP contribution in [0.1, 0.15) is 6.42 Å². The van der Waals surface area contributed by atoms with Crippen molar-refractivity contribution < 1.29 is 4.79 Å². The molecule has 0 spiro atoms. The van der Waals surface area contributed by atoms with Crippen LogP contribution in [0.5, 0.6) is 0 Å². The molecule has 0 radical (unpaired) electrons. The number of amides is 1. The first-order valence-corrected chi connectivity index (χ1v) is 5.63. The third kappa shape index (κ3) is 2.14. The fraction of sp³-hybridized carbons (Fsp3) is 0.333. The van der Waals surface area contributed by atoms with Gasteiger partial charge in [0.15, 0.2) is 0 Å². The molecule has 0 aliphatic carbocycles. The van der Waals surface area contributed by atoms with Crippen LogP contribution in [-0.4, -0.2) is 23.5 Å². The summed E-state index contributed by atoms with van der Waals surface area (Å²) in [7, 11) is 0. The topological polar surface area (TPSA) is 59.2 Å². The van der Waals surface area contributed by atoms with E-state index in [1.807, 2.05) is 0 Å². The van der Waals surface area contributed by atoms with Crippen molar-refractivity contribution in [2.45, 2.75) is 12.5 Å². The van der Waals surface area contributed by atoms with E-state index in [-0.39, 0.29) is 11.9 Å². The number of nitrogens with zero attached hydrogens (tertiary/aromatic N) is 2. The second-order valence-corrected chi connectivity index (χ2v) is 4.57. The Kier molecular flexibility index (Phi) is 2.95. The third-order valence-corrected chi connectivity index (χ3v) is 3.36. The summed E-state index contributed by atoms with van der Waals surface area (Å²) in [6, 6.07) is 3.31. The van der Waals surface area contributed by atoms with Gasteiger partial charge < -0.3 is 5.73 Å². The minimum atomic E-state index is -0.103. The highest BCUT2D eigenvalue weighted by Gasteiger charge is 2.28. The second kappa shape index (κ2) is 4.08. The summed E-state index contributed by atoms with van der Waals surface area (Å²) in [4.78, 5) is 17.3. The lowest BCUT2D eigenvalue weighted by Gasteiger charge is -2.15. The quantitative estimate of drug-likeness (QED) is 0.799. The fourth-order valence-corrected chi connectivity index (χ4v) is 1.93. The van der Waals surface area contributed by atoms with E-state index in [0.717, 1.165) is 0 Å². The molecule has 2 rings (SSSR count). The number of aromatic nitrogens is 1. The van der Waals surface area contributed by atoms with Crippen LogP contribution in [0.3, 0.4) is 0 Å². The summed E-state index contributed by atoms with van der Waals surface area (Å²) in [5, 5.41) is 0.523. The molecule has 0 bridgehead atoms. The molecule has 1 amide bonds. The number of carbonyl (C=O) groups is 1. The number of halogens is 2. The molecule has 2 N–H and O–H groups in total. The average molecular weight is 291 g/mol. The highest BCUT2D eigenvalue weighted by Crippen LogP contribution is 2.25. The summed E-state index contributed by atoms with van der Waals surface area (Å²) in [5.41, 5.74) is 5.69. The molecule has 1 aliphatic heterocycles. The molecule has 1 aliphatic rings. The Hall–Kier alpha value is -0.650. The van der Waals surface area contributed by atoms with Crippen molar-refractivity contribution >= 4 is 39.3 Å².